The van der Waals surface area contributed by atoms with Gasteiger partial charge in [0.2, 0.25) is 5.95 Å². The minimum absolute atomic E-state index is 0.346. The number of nitriles is 1. The van der Waals surface area contributed by atoms with Gasteiger partial charge in [0.25, 0.3) is 0 Å². The molecule has 0 radical (unpaired) electrons. The topological polar surface area (TPSA) is 104 Å². The Morgan fingerprint density at radius 3 is 2.89 bits per heavy atom. The lowest BCUT2D eigenvalue weighted by atomic mass is 10.0. The summed E-state index contributed by atoms with van der Waals surface area (Å²) in [5, 5.41) is 18.8. The van der Waals surface area contributed by atoms with E-state index in [0.29, 0.717) is 43.1 Å². The molecule has 0 saturated carbocycles. The summed E-state index contributed by atoms with van der Waals surface area (Å²) in [5.41, 5.74) is 8.63. The van der Waals surface area contributed by atoms with Crippen molar-refractivity contribution in [2.45, 2.75) is 25.1 Å². The predicted molar refractivity (Wildman–Crippen MR) is 98.6 cm³/mol. The number of pyridine rings is 1. The molecule has 8 heteroatoms. The number of nitrogens with zero attached hydrogens (tertiary/aromatic N) is 5. The molecule has 0 amide bonds. The molecule has 1 saturated heterocycles. The summed E-state index contributed by atoms with van der Waals surface area (Å²) in [7, 11) is 0. The SMILES string of the molecule is N#Cc1ccc(Cn2c(N3CC[C@@H](O)[C@H](N)C3)nc3cc(F)ccc32)nc1. The van der Waals surface area contributed by atoms with Crippen molar-refractivity contribution >= 4 is 17.0 Å². The van der Waals surface area contributed by atoms with Crippen molar-refractivity contribution in [2.75, 3.05) is 18.0 Å². The van der Waals surface area contributed by atoms with Crippen molar-refractivity contribution in [3.63, 3.8) is 0 Å². The van der Waals surface area contributed by atoms with Crippen LogP contribution in [0.25, 0.3) is 11.0 Å². The highest BCUT2D eigenvalue weighted by Crippen LogP contribution is 2.26. The fourth-order valence-electron chi connectivity index (χ4n) is 3.38. The number of fused-ring (bicyclic) bond motifs is 1. The van der Waals surface area contributed by atoms with E-state index in [1.807, 2.05) is 9.47 Å². The molecule has 2 aromatic heterocycles. The average Bonchev–Trinajstić information content (AvgIpc) is 3.02. The van der Waals surface area contributed by atoms with Gasteiger partial charge < -0.3 is 20.3 Å². The van der Waals surface area contributed by atoms with Crippen LogP contribution in [0.2, 0.25) is 0 Å². The standard InChI is InChI=1S/C19H19FN6O/c20-13-2-4-17-16(7-13)24-19(25-6-5-18(27)15(22)11-25)26(17)10-14-3-1-12(8-21)9-23-14/h1-4,7,9,15,18,27H,5-6,10-11,22H2/t15-,18-/m1/s1. The Morgan fingerprint density at radius 2 is 2.19 bits per heavy atom. The van der Waals surface area contributed by atoms with Gasteiger partial charge in [0, 0.05) is 31.4 Å². The van der Waals surface area contributed by atoms with E-state index in [4.69, 9.17) is 11.0 Å². The Labute approximate surface area is 155 Å². The summed E-state index contributed by atoms with van der Waals surface area (Å²) in [6.07, 6.45) is 1.55. The number of hydrogen-bond donors (Lipinski definition) is 2. The number of rotatable bonds is 3. The number of aliphatic hydroxyl groups is 1. The van der Waals surface area contributed by atoms with Crippen molar-refractivity contribution in [1.82, 2.24) is 14.5 Å². The molecule has 7 nitrogen and oxygen atoms in total. The zero-order valence-electron chi connectivity index (χ0n) is 14.6. The van der Waals surface area contributed by atoms with Crippen LogP contribution in [0.5, 0.6) is 0 Å². The van der Waals surface area contributed by atoms with Crippen LogP contribution in [-0.2, 0) is 6.54 Å². The van der Waals surface area contributed by atoms with Crippen LogP contribution >= 0.6 is 0 Å². The second-order valence-electron chi connectivity index (χ2n) is 6.75. The summed E-state index contributed by atoms with van der Waals surface area (Å²) in [6.45, 7) is 1.51. The fourth-order valence-corrected chi connectivity index (χ4v) is 3.38. The molecular formula is C19H19FN6O. The number of hydrogen-bond acceptors (Lipinski definition) is 6. The Bertz CT molecular complexity index is 1010. The van der Waals surface area contributed by atoms with Crippen LogP contribution in [0.1, 0.15) is 17.7 Å². The minimum atomic E-state index is -0.531. The Kier molecular flexibility index (Phi) is 4.48. The van der Waals surface area contributed by atoms with Crippen molar-refractivity contribution in [2.24, 2.45) is 5.73 Å². The third-order valence-electron chi connectivity index (χ3n) is 4.87. The van der Waals surface area contributed by atoms with Crippen LogP contribution in [0.4, 0.5) is 10.3 Å². The highest BCUT2D eigenvalue weighted by Gasteiger charge is 2.28. The van der Waals surface area contributed by atoms with Gasteiger partial charge >= 0.3 is 0 Å². The van der Waals surface area contributed by atoms with E-state index in [1.165, 1.54) is 18.3 Å². The van der Waals surface area contributed by atoms with Gasteiger partial charge in [-0.2, -0.15) is 5.26 Å². The maximum Gasteiger partial charge on any atom is 0.206 e. The first-order chi connectivity index (χ1) is 13.0. The van der Waals surface area contributed by atoms with Crippen LogP contribution < -0.4 is 10.6 Å². The van der Waals surface area contributed by atoms with Crippen LogP contribution in [-0.4, -0.2) is 44.9 Å². The Morgan fingerprint density at radius 1 is 1.33 bits per heavy atom. The maximum atomic E-state index is 13.7. The Hall–Kier alpha value is -3.02. The van der Waals surface area contributed by atoms with Crippen molar-refractivity contribution in [3.8, 4) is 6.07 Å². The number of imidazole rings is 1. The molecular weight excluding hydrogens is 347 g/mol. The molecule has 0 unspecified atom stereocenters. The molecule has 1 aliphatic heterocycles. The third kappa shape index (κ3) is 3.35. The lowest BCUT2D eigenvalue weighted by molar-refractivity contribution is 0.124. The largest absolute Gasteiger partial charge is 0.391 e. The molecule has 3 aromatic rings. The molecule has 0 bridgehead atoms. The quantitative estimate of drug-likeness (QED) is 0.726. The molecule has 3 N–H and O–H groups in total. The van der Waals surface area contributed by atoms with Gasteiger partial charge in [-0.25, -0.2) is 9.37 Å². The minimum Gasteiger partial charge on any atom is -0.391 e. The molecule has 1 aromatic carbocycles. The number of halogens is 1. The van der Waals surface area contributed by atoms with E-state index in [2.05, 4.69) is 16.0 Å². The molecule has 3 heterocycles. The second-order valence-corrected chi connectivity index (χ2v) is 6.75. The van der Waals surface area contributed by atoms with Crippen molar-refractivity contribution in [3.05, 3.63) is 53.6 Å². The van der Waals surface area contributed by atoms with Crippen LogP contribution in [0.15, 0.2) is 36.5 Å². The number of anilines is 1. The van der Waals surface area contributed by atoms with E-state index >= 15 is 0 Å². The summed E-state index contributed by atoms with van der Waals surface area (Å²) < 4.78 is 15.7. The van der Waals surface area contributed by atoms with Gasteiger partial charge in [-0.15, -0.1) is 0 Å². The van der Waals surface area contributed by atoms with Crippen molar-refractivity contribution < 1.29 is 9.50 Å². The zero-order chi connectivity index (χ0) is 19.0. The summed E-state index contributed by atoms with van der Waals surface area (Å²) in [5.74, 6) is 0.324. The normalized spacial score (nSPS) is 20.0. The van der Waals surface area contributed by atoms with E-state index in [9.17, 15) is 9.50 Å². The number of nitrogens with two attached hydrogens (primary N) is 1. The molecule has 1 aliphatic rings. The maximum absolute atomic E-state index is 13.7. The molecule has 0 spiro atoms. The van der Waals surface area contributed by atoms with Crippen molar-refractivity contribution in [1.29, 1.82) is 5.26 Å². The van der Waals surface area contributed by atoms with E-state index in [1.54, 1.807) is 18.2 Å². The van der Waals surface area contributed by atoms with Gasteiger partial charge in [0.05, 0.1) is 34.9 Å². The first kappa shape index (κ1) is 17.4. The van der Waals surface area contributed by atoms with Gasteiger partial charge in [0.15, 0.2) is 0 Å². The van der Waals surface area contributed by atoms with Gasteiger partial charge in [-0.3, -0.25) is 4.98 Å². The summed E-state index contributed by atoms with van der Waals surface area (Å²) in [6, 6.07) is 9.70. The first-order valence-electron chi connectivity index (χ1n) is 8.74. The lowest BCUT2D eigenvalue weighted by Crippen LogP contribution is -2.52. The van der Waals surface area contributed by atoms with E-state index < -0.39 is 6.10 Å². The van der Waals surface area contributed by atoms with Crippen LogP contribution in [0, 0.1) is 17.1 Å². The van der Waals surface area contributed by atoms with Gasteiger partial charge in [0.1, 0.15) is 11.9 Å². The average molecular weight is 366 g/mol. The third-order valence-corrected chi connectivity index (χ3v) is 4.87. The second kappa shape index (κ2) is 6.95. The molecule has 1 fully saturated rings. The Balaban J connectivity index is 1.75. The fraction of sp³-hybridized carbons (Fsp3) is 0.316. The number of aromatic nitrogens is 3. The lowest BCUT2D eigenvalue weighted by Gasteiger charge is -2.35. The molecule has 2 atom stereocenters. The highest BCUT2D eigenvalue weighted by atomic mass is 19.1. The molecule has 27 heavy (non-hydrogen) atoms. The highest BCUT2D eigenvalue weighted by molar-refractivity contribution is 5.79. The summed E-state index contributed by atoms with van der Waals surface area (Å²) >= 11 is 0. The predicted octanol–water partition coefficient (Wildman–Crippen LogP) is 1.39. The van der Waals surface area contributed by atoms with Gasteiger partial charge in [-0.05, 0) is 30.7 Å². The smallest absolute Gasteiger partial charge is 0.206 e. The molecule has 138 valence electrons. The molecule has 4 rings (SSSR count). The molecule has 0 aliphatic carbocycles. The first-order valence-corrected chi connectivity index (χ1v) is 8.74. The zero-order valence-corrected chi connectivity index (χ0v) is 14.6. The van der Waals surface area contributed by atoms with Crippen LogP contribution in [0.3, 0.4) is 0 Å². The van der Waals surface area contributed by atoms with E-state index in [-0.39, 0.29) is 11.9 Å². The summed E-state index contributed by atoms with van der Waals surface area (Å²) in [4.78, 5) is 11.0. The van der Waals surface area contributed by atoms with Gasteiger partial charge in [-0.1, -0.05) is 0 Å². The van der Waals surface area contributed by atoms with E-state index in [0.717, 1.165) is 11.2 Å². The number of benzene rings is 1. The number of piperidine rings is 1. The monoisotopic (exact) mass is 366 g/mol. The number of aliphatic hydroxyl groups excluding tert-OH is 1.